The van der Waals surface area contributed by atoms with Crippen molar-refractivity contribution in [3.8, 4) is 0 Å². The van der Waals surface area contributed by atoms with E-state index >= 15 is 0 Å². The Hall–Kier alpha value is -2.97. The van der Waals surface area contributed by atoms with Gasteiger partial charge >= 0.3 is 0 Å². The molecule has 2 atom stereocenters. The van der Waals surface area contributed by atoms with Gasteiger partial charge in [0.2, 0.25) is 15.9 Å². The molecule has 1 aliphatic heterocycles. The largest absolute Gasteiger partial charge is 0.294 e. The summed E-state index contributed by atoms with van der Waals surface area (Å²) < 4.78 is 23.5. The topological polar surface area (TPSA) is 97.5 Å². The van der Waals surface area contributed by atoms with E-state index in [1.54, 1.807) is 18.2 Å². The molecule has 3 aromatic rings. The maximum Gasteiger partial charge on any atom is 0.238 e. The number of sulfonamides is 1. The highest BCUT2D eigenvalue weighted by molar-refractivity contribution is 7.89. The molecule has 0 aromatic heterocycles. The summed E-state index contributed by atoms with van der Waals surface area (Å²) in [7, 11) is -3.89. The summed E-state index contributed by atoms with van der Waals surface area (Å²) in [5.74, 6) is -0.905. The maximum absolute atomic E-state index is 13.7. The van der Waals surface area contributed by atoms with Gasteiger partial charge in [-0.05, 0) is 53.8 Å². The van der Waals surface area contributed by atoms with Gasteiger partial charge in [-0.25, -0.2) is 13.6 Å². The molecule has 6 nitrogen and oxygen atoms in total. The number of Topliss-reactive ketones (excluding diaryl/α,β-unsaturated/α-hetero) is 1. The average molecular weight is 541 g/mol. The summed E-state index contributed by atoms with van der Waals surface area (Å²) in [6.07, 6.45) is 0.796. The van der Waals surface area contributed by atoms with Gasteiger partial charge in [0.15, 0.2) is 5.78 Å². The van der Waals surface area contributed by atoms with Crippen molar-refractivity contribution in [3.63, 3.8) is 0 Å². The molecule has 0 radical (unpaired) electrons. The molecule has 3 aromatic carbocycles. The van der Waals surface area contributed by atoms with Crippen molar-refractivity contribution in [1.82, 2.24) is 0 Å². The number of halogens is 2. The lowest BCUT2D eigenvalue weighted by molar-refractivity contribution is -0.120. The van der Waals surface area contributed by atoms with E-state index in [0.717, 1.165) is 5.56 Å². The smallest absolute Gasteiger partial charge is 0.238 e. The Morgan fingerprint density at radius 3 is 2.19 bits per heavy atom. The number of nitrogens with two attached hydrogens (primary N) is 1. The zero-order chi connectivity index (χ0) is 25.6. The minimum Gasteiger partial charge on any atom is -0.294 e. The lowest BCUT2D eigenvalue weighted by Gasteiger charge is -2.40. The second-order valence-electron chi connectivity index (χ2n) is 8.97. The zero-order valence-corrected chi connectivity index (χ0v) is 21.4. The number of ketones is 1. The number of primary sulfonamides is 1. The molecule has 0 saturated carbocycles. The molecule has 5 rings (SSSR count). The molecule has 2 N–H and O–H groups in total. The van der Waals surface area contributed by atoms with E-state index in [9.17, 15) is 18.0 Å². The predicted octanol–water partition coefficient (Wildman–Crippen LogP) is 5.56. The first kappa shape index (κ1) is 24.7. The van der Waals surface area contributed by atoms with Crippen LogP contribution in [0.2, 0.25) is 10.0 Å². The number of carbonyl (C=O) groups is 2. The van der Waals surface area contributed by atoms with E-state index in [0.29, 0.717) is 45.4 Å². The molecule has 0 saturated heterocycles. The van der Waals surface area contributed by atoms with Crippen molar-refractivity contribution >= 4 is 50.6 Å². The standard InChI is InChI=1S/C27H22Cl2N2O4S/c28-22-8-4-7-20(27(22)29)21-15-25(33)31(18-9-11-19(12-10-18)36(30,34)35)23-13-17(14-24(32)26(21)23)16-5-2-1-3-6-16/h1-12,17,21H,13-15H2,(H2,30,34,35). The number of rotatable bonds is 4. The Balaban J connectivity index is 1.67. The Labute approximate surface area is 219 Å². The molecule has 184 valence electrons. The van der Waals surface area contributed by atoms with Crippen LogP contribution in [0.1, 0.15) is 42.2 Å². The molecule has 36 heavy (non-hydrogen) atoms. The van der Waals surface area contributed by atoms with Crippen LogP contribution in [0.5, 0.6) is 0 Å². The van der Waals surface area contributed by atoms with Crippen molar-refractivity contribution in [2.75, 3.05) is 4.90 Å². The average Bonchev–Trinajstić information content (AvgIpc) is 2.85. The van der Waals surface area contributed by atoms with Gasteiger partial charge in [0.25, 0.3) is 0 Å². The number of nitrogens with zero attached hydrogens (tertiary/aromatic N) is 1. The van der Waals surface area contributed by atoms with E-state index in [-0.39, 0.29) is 28.9 Å². The molecule has 1 heterocycles. The predicted molar refractivity (Wildman–Crippen MR) is 140 cm³/mol. The van der Waals surface area contributed by atoms with Gasteiger partial charge in [-0.3, -0.25) is 14.5 Å². The minimum atomic E-state index is -3.89. The summed E-state index contributed by atoms with van der Waals surface area (Å²) in [6, 6.07) is 20.7. The van der Waals surface area contributed by atoms with Crippen LogP contribution in [-0.4, -0.2) is 20.1 Å². The van der Waals surface area contributed by atoms with E-state index < -0.39 is 15.9 Å². The SMILES string of the molecule is NS(=O)(=O)c1ccc(N2C(=O)CC(c3cccc(Cl)c3Cl)C3=C2CC(c2ccccc2)CC3=O)cc1. The van der Waals surface area contributed by atoms with Crippen LogP contribution in [0.3, 0.4) is 0 Å². The first-order valence-corrected chi connectivity index (χ1v) is 13.7. The Morgan fingerprint density at radius 1 is 0.833 bits per heavy atom. The summed E-state index contributed by atoms with van der Waals surface area (Å²) in [4.78, 5) is 28.8. The Kier molecular flexibility index (Phi) is 6.51. The monoisotopic (exact) mass is 540 g/mol. The van der Waals surface area contributed by atoms with Crippen molar-refractivity contribution in [2.24, 2.45) is 5.14 Å². The van der Waals surface area contributed by atoms with Crippen LogP contribution >= 0.6 is 23.2 Å². The van der Waals surface area contributed by atoms with E-state index in [1.165, 1.54) is 29.2 Å². The van der Waals surface area contributed by atoms with Crippen LogP contribution in [0.25, 0.3) is 0 Å². The van der Waals surface area contributed by atoms with Crippen LogP contribution < -0.4 is 10.0 Å². The van der Waals surface area contributed by atoms with Crippen LogP contribution in [0.4, 0.5) is 5.69 Å². The molecule has 2 unspecified atom stereocenters. The van der Waals surface area contributed by atoms with Crippen molar-refractivity contribution in [2.45, 2.75) is 36.0 Å². The van der Waals surface area contributed by atoms with Crippen molar-refractivity contribution < 1.29 is 18.0 Å². The highest BCUT2D eigenvalue weighted by Crippen LogP contribution is 2.48. The third kappa shape index (κ3) is 4.48. The maximum atomic E-state index is 13.7. The summed E-state index contributed by atoms with van der Waals surface area (Å²) in [5, 5.41) is 5.93. The first-order chi connectivity index (χ1) is 17.1. The van der Waals surface area contributed by atoms with Gasteiger partial charge in [-0.2, -0.15) is 0 Å². The summed E-state index contributed by atoms with van der Waals surface area (Å²) >= 11 is 12.8. The highest BCUT2D eigenvalue weighted by atomic mass is 35.5. The van der Waals surface area contributed by atoms with Gasteiger partial charge in [-0.15, -0.1) is 0 Å². The molecule has 1 aliphatic carbocycles. The molecule has 0 bridgehead atoms. The number of hydrogen-bond acceptors (Lipinski definition) is 4. The number of amides is 1. The molecular weight excluding hydrogens is 519 g/mol. The number of hydrogen-bond donors (Lipinski definition) is 1. The molecule has 9 heteroatoms. The molecule has 2 aliphatic rings. The fraction of sp³-hybridized carbons (Fsp3) is 0.185. The van der Waals surface area contributed by atoms with Crippen molar-refractivity contribution in [3.05, 3.63) is 105 Å². The number of anilines is 1. The second-order valence-corrected chi connectivity index (χ2v) is 11.3. The fourth-order valence-corrected chi connectivity index (χ4v) is 6.09. The Bertz CT molecular complexity index is 1500. The third-order valence-electron chi connectivity index (χ3n) is 6.78. The van der Waals surface area contributed by atoms with Crippen LogP contribution in [-0.2, 0) is 19.6 Å². The van der Waals surface area contributed by atoms with Gasteiger partial charge in [0.05, 0.1) is 14.9 Å². The van der Waals surface area contributed by atoms with Gasteiger partial charge in [0.1, 0.15) is 0 Å². The van der Waals surface area contributed by atoms with Crippen molar-refractivity contribution in [1.29, 1.82) is 0 Å². The minimum absolute atomic E-state index is 0.0254. The van der Waals surface area contributed by atoms with Gasteiger partial charge in [-0.1, -0.05) is 65.7 Å². The normalized spacial score (nSPS) is 20.5. The number of allylic oxidation sites excluding steroid dienone is 2. The Morgan fingerprint density at radius 2 is 1.53 bits per heavy atom. The molecule has 1 amide bonds. The lowest BCUT2D eigenvalue weighted by atomic mass is 9.72. The third-order valence-corrected chi connectivity index (χ3v) is 8.54. The molecular formula is C27H22Cl2N2O4S. The summed E-state index contributed by atoms with van der Waals surface area (Å²) in [5.41, 5.74) is 3.26. The fourth-order valence-electron chi connectivity index (χ4n) is 5.14. The van der Waals surface area contributed by atoms with E-state index in [1.807, 2.05) is 30.3 Å². The zero-order valence-electron chi connectivity index (χ0n) is 19.0. The van der Waals surface area contributed by atoms with Crippen LogP contribution in [0.15, 0.2) is 89.0 Å². The molecule has 0 fully saturated rings. The molecule has 0 spiro atoms. The quantitative estimate of drug-likeness (QED) is 0.468. The van der Waals surface area contributed by atoms with E-state index in [2.05, 4.69) is 0 Å². The van der Waals surface area contributed by atoms with Gasteiger partial charge < -0.3 is 0 Å². The second kappa shape index (κ2) is 9.48. The van der Waals surface area contributed by atoms with Gasteiger partial charge in [0, 0.05) is 35.7 Å². The van der Waals surface area contributed by atoms with E-state index in [4.69, 9.17) is 28.3 Å². The lowest BCUT2D eigenvalue weighted by Crippen LogP contribution is -2.41. The summed E-state index contributed by atoms with van der Waals surface area (Å²) in [6.45, 7) is 0. The number of benzene rings is 3. The number of carbonyl (C=O) groups excluding carboxylic acids is 2. The van der Waals surface area contributed by atoms with Crippen LogP contribution in [0, 0.1) is 0 Å². The highest BCUT2D eigenvalue weighted by Gasteiger charge is 2.43. The first-order valence-electron chi connectivity index (χ1n) is 11.4.